The van der Waals surface area contributed by atoms with Crippen LogP contribution >= 0.6 is 0 Å². The zero-order valence-corrected chi connectivity index (χ0v) is 15.1. The number of cyclic esters (lactones) is 1. The minimum absolute atomic E-state index is 0.0294. The lowest BCUT2D eigenvalue weighted by molar-refractivity contribution is -0.384. The molecule has 142 valence electrons. The van der Waals surface area contributed by atoms with Gasteiger partial charge < -0.3 is 14.2 Å². The molecule has 1 aliphatic rings. The number of carbonyl (C=O) groups excluding carboxylic acids is 1. The van der Waals surface area contributed by atoms with Gasteiger partial charge in [-0.15, -0.1) is 0 Å². The highest BCUT2D eigenvalue weighted by atomic mass is 16.6. The summed E-state index contributed by atoms with van der Waals surface area (Å²) in [5, 5.41) is 10.8. The first-order valence-electron chi connectivity index (χ1n) is 8.18. The Balaban J connectivity index is 1.86. The van der Waals surface area contributed by atoms with Crippen LogP contribution in [0.1, 0.15) is 11.1 Å². The lowest BCUT2D eigenvalue weighted by atomic mass is 10.1. The SMILES string of the molecule is COc1cccc(C=C2N=C(C=Cc3cccc([N+](=O)[O-])c3)OC2=O)c1OC. The van der Waals surface area contributed by atoms with Gasteiger partial charge in [0.15, 0.2) is 17.2 Å². The second-order valence-corrected chi connectivity index (χ2v) is 5.64. The van der Waals surface area contributed by atoms with E-state index < -0.39 is 10.9 Å². The highest BCUT2D eigenvalue weighted by Gasteiger charge is 2.22. The van der Waals surface area contributed by atoms with Crippen LogP contribution in [0.15, 0.2) is 59.2 Å². The number of rotatable bonds is 6. The van der Waals surface area contributed by atoms with Crippen LogP contribution < -0.4 is 9.47 Å². The van der Waals surface area contributed by atoms with E-state index >= 15 is 0 Å². The van der Waals surface area contributed by atoms with Crippen molar-refractivity contribution in [2.75, 3.05) is 14.2 Å². The summed E-state index contributed by atoms with van der Waals surface area (Å²) in [5.74, 6) is 0.479. The largest absolute Gasteiger partial charge is 0.493 e. The summed E-state index contributed by atoms with van der Waals surface area (Å²) in [6, 6.07) is 11.3. The normalized spacial score (nSPS) is 14.9. The van der Waals surface area contributed by atoms with Gasteiger partial charge in [0.1, 0.15) is 0 Å². The fourth-order valence-electron chi connectivity index (χ4n) is 2.58. The molecule has 0 bridgehead atoms. The molecule has 0 amide bonds. The third kappa shape index (κ3) is 4.07. The molecule has 0 atom stereocenters. The van der Waals surface area contributed by atoms with Gasteiger partial charge in [-0.25, -0.2) is 9.79 Å². The number of para-hydroxylation sites is 1. The van der Waals surface area contributed by atoms with Crippen molar-refractivity contribution in [1.29, 1.82) is 0 Å². The number of carbonyl (C=O) groups is 1. The smallest absolute Gasteiger partial charge is 0.363 e. The molecule has 2 aromatic carbocycles. The number of non-ortho nitro benzene ring substituents is 1. The molecule has 0 radical (unpaired) electrons. The molecule has 0 aromatic heterocycles. The van der Waals surface area contributed by atoms with Crippen molar-refractivity contribution < 1.29 is 23.9 Å². The van der Waals surface area contributed by atoms with Gasteiger partial charge in [0.05, 0.1) is 19.1 Å². The highest BCUT2D eigenvalue weighted by Crippen LogP contribution is 2.32. The first-order chi connectivity index (χ1) is 13.5. The van der Waals surface area contributed by atoms with Crippen LogP contribution in [-0.2, 0) is 9.53 Å². The van der Waals surface area contributed by atoms with Crippen LogP contribution in [-0.4, -0.2) is 31.0 Å². The molecule has 8 nitrogen and oxygen atoms in total. The van der Waals surface area contributed by atoms with E-state index in [9.17, 15) is 14.9 Å². The summed E-state index contributed by atoms with van der Waals surface area (Å²) in [7, 11) is 3.02. The Morgan fingerprint density at radius 1 is 1.11 bits per heavy atom. The van der Waals surface area contributed by atoms with Gasteiger partial charge in [-0.2, -0.15) is 0 Å². The molecule has 28 heavy (non-hydrogen) atoms. The molecule has 3 rings (SSSR count). The first kappa shape index (κ1) is 18.8. The lowest BCUT2D eigenvalue weighted by Crippen LogP contribution is -2.01. The number of methoxy groups -OCH3 is 2. The van der Waals surface area contributed by atoms with Crippen molar-refractivity contribution in [2.45, 2.75) is 0 Å². The fraction of sp³-hybridized carbons (Fsp3) is 0.100. The Labute approximate surface area is 160 Å². The predicted molar refractivity (Wildman–Crippen MR) is 103 cm³/mol. The Morgan fingerprint density at radius 2 is 1.89 bits per heavy atom. The van der Waals surface area contributed by atoms with E-state index in [2.05, 4.69) is 4.99 Å². The van der Waals surface area contributed by atoms with Crippen molar-refractivity contribution in [3.05, 3.63) is 75.5 Å². The summed E-state index contributed by atoms with van der Waals surface area (Å²) in [6.45, 7) is 0. The summed E-state index contributed by atoms with van der Waals surface area (Å²) in [4.78, 5) is 26.6. The molecule has 8 heteroatoms. The third-order valence-corrected chi connectivity index (χ3v) is 3.86. The molecular formula is C20H16N2O6. The minimum Gasteiger partial charge on any atom is -0.493 e. The fourth-order valence-corrected chi connectivity index (χ4v) is 2.58. The maximum atomic E-state index is 12.1. The van der Waals surface area contributed by atoms with Gasteiger partial charge in [0.25, 0.3) is 5.69 Å². The maximum Gasteiger partial charge on any atom is 0.363 e. The first-order valence-corrected chi connectivity index (χ1v) is 8.18. The molecule has 1 heterocycles. The van der Waals surface area contributed by atoms with Gasteiger partial charge in [-0.05, 0) is 23.8 Å². The van der Waals surface area contributed by atoms with Gasteiger partial charge >= 0.3 is 5.97 Å². The standard InChI is InChI=1S/C20H16N2O6/c1-26-17-8-4-6-14(19(17)27-2)12-16-20(23)28-18(21-16)10-9-13-5-3-7-15(11-13)22(24)25/h3-12H,1-2H3. The number of aliphatic imine (C=N–C) groups is 1. The van der Waals surface area contributed by atoms with Crippen LogP contribution in [0.25, 0.3) is 12.2 Å². The van der Waals surface area contributed by atoms with Crippen LogP contribution in [0.4, 0.5) is 5.69 Å². The van der Waals surface area contributed by atoms with E-state index in [1.807, 2.05) is 0 Å². The van der Waals surface area contributed by atoms with Crippen LogP contribution in [0.2, 0.25) is 0 Å². The third-order valence-electron chi connectivity index (χ3n) is 3.86. The molecule has 2 aromatic rings. The van der Waals surface area contributed by atoms with Gasteiger partial charge in [0.2, 0.25) is 5.90 Å². The van der Waals surface area contributed by atoms with Crippen molar-refractivity contribution >= 4 is 29.7 Å². The minimum atomic E-state index is -0.608. The number of esters is 1. The average Bonchev–Trinajstić information content (AvgIpc) is 3.05. The van der Waals surface area contributed by atoms with E-state index in [0.717, 1.165) is 0 Å². The van der Waals surface area contributed by atoms with Crippen molar-refractivity contribution in [3.63, 3.8) is 0 Å². The molecule has 0 aliphatic carbocycles. The number of hydrogen-bond donors (Lipinski definition) is 0. The molecular weight excluding hydrogens is 364 g/mol. The van der Waals surface area contributed by atoms with Gasteiger partial charge in [0, 0.05) is 23.8 Å². The molecule has 0 fully saturated rings. The van der Waals surface area contributed by atoms with Crippen LogP contribution in [0.5, 0.6) is 11.5 Å². The summed E-state index contributed by atoms with van der Waals surface area (Å²) >= 11 is 0. The van der Waals surface area contributed by atoms with Crippen molar-refractivity contribution in [2.24, 2.45) is 4.99 Å². The average molecular weight is 380 g/mol. The number of nitrogens with zero attached hydrogens (tertiary/aromatic N) is 2. The molecule has 0 spiro atoms. The Kier molecular flexibility index (Phi) is 5.50. The zero-order valence-electron chi connectivity index (χ0n) is 15.1. The van der Waals surface area contributed by atoms with Crippen molar-refractivity contribution in [1.82, 2.24) is 0 Å². The van der Waals surface area contributed by atoms with E-state index in [1.165, 1.54) is 38.5 Å². The van der Waals surface area contributed by atoms with E-state index in [4.69, 9.17) is 14.2 Å². The second kappa shape index (κ2) is 8.17. The second-order valence-electron chi connectivity index (χ2n) is 5.64. The summed E-state index contributed by atoms with van der Waals surface area (Å²) in [6.07, 6.45) is 4.59. The van der Waals surface area contributed by atoms with Gasteiger partial charge in [-0.1, -0.05) is 24.3 Å². The van der Waals surface area contributed by atoms with Crippen LogP contribution in [0.3, 0.4) is 0 Å². The van der Waals surface area contributed by atoms with Gasteiger partial charge in [-0.3, -0.25) is 10.1 Å². The molecule has 0 saturated heterocycles. The molecule has 0 saturated carbocycles. The van der Waals surface area contributed by atoms with Crippen LogP contribution in [0, 0.1) is 10.1 Å². The Morgan fingerprint density at radius 3 is 2.61 bits per heavy atom. The summed E-state index contributed by atoms with van der Waals surface area (Å²) < 4.78 is 15.7. The molecule has 1 aliphatic heterocycles. The number of nitro groups is 1. The quantitative estimate of drug-likeness (QED) is 0.328. The van der Waals surface area contributed by atoms with E-state index in [-0.39, 0.29) is 17.3 Å². The Bertz CT molecular complexity index is 1020. The lowest BCUT2D eigenvalue weighted by Gasteiger charge is -2.09. The highest BCUT2D eigenvalue weighted by molar-refractivity contribution is 6.11. The Hall–Kier alpha value is -3.94. The number of nitro benzene ring substituents is 1. The van der Waals surface area contributed by atoms with E-state index in [0.29, 0.717) is 22.6 Å². The predicted octanol–water partition coefficient (Wildman–Crippen LogP) is 3.62. The zero-order chi connectivity index (χ0) is 20.1. The topological polar surface area (TPSA) is 100 Å². The maximum absolute atomic E-state index is 12.1. The van der Waals surface area contributed by atoms with E-state index in [1.54, 1.807) is 36.4 Å². The monoisotopic (exact) mass is 380 g/mol. The molecule has 0 N–H and O–H groups in total. The van der Waals surface area contributed by atoms with Crippen molar-refractivity contribution in [3.8, 4) is 11.5 Å². The number of ether oxygens (including phenoxy) is 3. The number of benzene rings is 2. The summed E-state index contributed by atoms with van der Waals surface area (Å²) in [5.41, 5.74) is 1.27. The molecule has 0 unspecified atom stereocenters. The number of hydrogen-bond acceptors (Lipinski definition) is 7.